The van der Waals surface area contributed by atoms with E-state index in [9.17, 15) is 9.59 Å². The highest BCUT2D eigenvalue weighted by Crippen LogP contribution is 2.21. The van der Waals surface area contributed by atoms with Crippen molar-refractivity contribution >= 4 is 12.1 Å². The van der Waals surface area contributed by atoms with Gasteiger partial charge in [-0.05, 0) is 56.7 Å². The number of nitrogens with zero attached hydrogens (tertiary/aromatic N) is 1. The Morgan fingerprint density at radius 2 is 1.81 bits per heavy atom. The van der Waals surface area contributed by atoms with Gasteiger partial charge in [-0.1, -0.05) is 0 Å². The van der Waals surface area contributed by atoms with E-state index in [-0.39, 0.29) is 6.54 Å². The number of aromatic nitrogens is 1. The maximum Gasteiger partial charge on any atom is 0.407 e. The molecule has 0 aliphatic heterocycles. The van der Waals surface area contributed by atoms with Gasteiger partial charge >= 0.3 is 12.1 Å². The van der Waals surface area contributed by atoms with Crippen LogP contribution < -0.4 is 10.1 Å². The summed E-state index contributed by atoms with van der Waals surface area (Å²) in [7, 11) is 1.33. The van der Waals surface area contributed by atoms with E-state index >= 15 is 0 Å². The van der Waals surface area contributed by atoms with Gasteiger partial charge in [0.15, 0.2) is 0 Å². The van der Waals surface area contributed by atoms with E-state index in [2.05, 4.69) is 15.0 Å². The molecule has 0 radical (unpaired) electrons. The molecule has 0 saturated heterocycles. The monoisotopic (exact) mass is 358 g/mol. The van der Waals surface area contributed by atoms with Crippen molar-refractivity contribution in [1.29, 1.82) is 0 Å². The Morgan fingerprint density at radius 1 is 1.12 bits per heavy atom. The van der Waals surface area contributed by atoms with Gasteiger partial charge in [-0.15, -0.1) is 0 Å². The molecule has 7 nitrogen and oxygen atoms in total. The summed E-state index contributed by atoms with van der Waals surface area (Å²) in [5.41, 5.74) is 0.697. The number of hydrogen-bond donors (Lipinski definition) is 1. The molecular formula is C19H22N2O5. The van der Waals surface area contributed by atoms with Crippen molar-refractivity contribution in [1.82, 2.24) is 10.3 Å². The number of alkyl carbamates (subject to hydrolysis) is 1. The molecule has 0 spiro atoms. The number of carbonyl (C=O) groups excluding carboxylic acids is 2. The van der Waals surface area contributed by atoms with Crippen LogP contribution in [-0.4, -0.2) is 29.8 Å². The Kier molecular flexibility index (Phi) is 6.16. The standard InChI is InChI=1S/C19H22N2O5/c1-19(2,3)26-18(23)21-12-13-9-10-20-16(11-13)25-15-7-5-14(6-8-15)17(22)24-4/h5-11H,12H2,1-4H3,(H,21,23). The Bertz CT molecular complexity index is 766. The zero-order valence-corrected chi connectivity index (χ0v) is 15.2. The van der Waals surface area contributed by atoms with Crippen LogP contribution >= 0.6 is 0 Å². The van der Waals surface area contributed by atoms with Crippen molar-refractivity contribution in [3.63, 3.8) is 0 Å². The number of carbonyl (C=O) groups is 2. The van der Waals surface area contributed by atoms with Gasteiger partial charge in [0.1, 0.15) is 11.4 Å². The Balaban J connectivity index is 1.96. The molecule has 0 atom stereocenters. The van der Waals surface area contributed by atoms with Crippen molar-refractivity contribution in [2.45, 2.75) is 32.9 Å². The van der Waals surface area contributed by atoms with Gasteiger partial charge in [-0.25, -0.2) is 14.6 Å². The molecule has 2 aromatic rings. The number of benzene rings is 1. The first-order valence-corrected chi connectivity index (χ1v) is 8.05. The maximum atomic E-state index is 11.7. The summed E-state index contributed by atoms with van der Waals surface area (Å²) in [6.45, 7) is 5.69. The number of rotatable bonds is 5. The molecule has 1 aromatic heterocycles. The highest BCUT2D eigenvalue weighted by Gasteiger charge is 2.15. The molecule has 26 heavy (non-hydrogen) atoms. The predicted molar refractivity (Wildman–Crippen MR) is 95.2 cm³/mol. The highest BCUT2D eigenvalue weighted by atomic mass is 16.6. The lowest BCUT2D eigenvalue weighted by molar-refractivity contribution is 0.0522. The van der Waals surface area contributed by atoms with Crippen LogP contribution in [0.2, 0.25) is 0 Å². The Morgan fingerprint density at radius 3 is 2.42 bits per heavy atom. The second kappa shape index (κ2) is 8.33. The molecule has 0 bridgehead atoms. The molecule has 0 aliphatic carbocycles. The van der Waals surface area contributed by atoms with Crippen molar-refractivity contribution in [2.24, 2.45) is 0 Å². The second-order valence-electron chi connectivity index (χ2n) is 6.48. The molecule has 1 heterocycles. The number of amides is 1. The van der Waals surface area contributed by atoms with Gasteiger partial charge in [0.2, 0.25) is 5.88 Å². The minimum absolute atomic E-state index is 0.287. The third-order valence-corrected chi connectivity index (χ3v) is 3.13. The maximum absolute atomic E-state index is 11.7. The predicted octanol–water partition coefficient (Wildman–Crippen LogP) is 3.69. The summed E-state index contributed by atoms with van der Waals surface area (Å²) in [6.07, 6.45) is 1.10. The van der Waals surface area contributed by atoms with E-state index in [1.165, 1.54) is 7.11 Å². The molecule has 7 heteroatoms. The molecule has 0 fully saturated rings. The van der Waals surface area contributed by atoms with E-state index in [0.29, 0.717) is 17.2 Å². The van der Waals surface area contributed by atoms with Crippen LogP contribution in [0.4, 0.5) is 4.79 Å². The third-order valence-electron chi connectivity index (χ3n) is 3.13. The number of nitrogens with one attached hydrogen (secondary N) is 1. The molecule has 1 amide bonds. The number of pyridine rings is 1. The van der Waals surface area contributed by atoms with Crippen LogP contribution in [0.5, 0.6) is 11.6 Å². The van der Waals surface area contributed by atoms with Crippen LogP contribution in [0.25, 0.3) is 0 Å². The number of methoxy groups -OCH3 is 1. The van der Waals surface area contributed by atoms with Crippen LogP contribution in [0.3, 0.4) is 0 Å². The van der Waals surface area contributed by atoms with Crippen molar-refractivity contribution in [2.75, 3.05) is 7.11 Å². The molecular weight excluding hydrogens is 336 g/mol. The molecule has 0 aliphatic rings. The quantitative estimate of drug-likeness (QED) is 0.821. The lowest BCUT2D eigenvalue weighted by atomic mass is 10.2. The van der Waals surface area contributed by atoms with Gasteiger partial charge in [0.25, 0.3) is 0 Å². The van der Waals surface area contributed by atoms with Crippen molar-refractivity contribution < 1.29 is 23.8 Å². The second-order valence-corrected chi connectivity index (χ2v) is 6.48. The van der Waals surface area contributed by atoms with Gasteiger partial charge < -0.3 is 19.5 Å². The topological polar surface area (TPSA) is 86.8 Å². The third kappa shape index (κ3) is 6.08. The summed E-state index contributed by atoms with van der Waals surface area (Å²) < 4.78 is 15.5. The smallest absolute Gasteiger partial charge is 0.407 e. The molecule has 138 valence electrons. The molecule has 0 saturated carbocycles. The zero-order chi connectivity index (χ0) is 19.2. The minimum atomic E-state index is -0.549. The van der Waals surface area contributed by atoms with Crippen molar-refractivity contribution in [3.05, 3.63) is 53.7 Å². The summed E-state index contributed by atoms with van der Waals surface area (Å²) >= 11 is 0. The fourth-order valence-electron chi connectivity index (χ4n) is 2.00. The van der Waals surface area contributed by atoms with E-state index in [4.69, 9.17) is 9.47 Å². The first-order chi connectivity index (χ1) is 12.3. The summed E-state index contributed by atoms with van der Waals surface area (Å²) in [5, 5.41) is 2.68. The first-order valence-electron chi connectivity index (χ1n) is 8.05. The Hall–Kier alpha value is -3.09. The van der Waals surface area contributed by atoms with E-state index in [1.807, 2.05) is 0 Å². The van der Waals surface area contributed by atoms with Gasteiger partial charge in [-0.3, -0.25) is 0 Å². The zero-order valence-electron chi connectivity index (χ0n) is 15.2. The summed E-state index contributed by atoms with van der Waals surface area (Å²) in [5.74, 6) is 0.492. The number of hydrogen-bond acceptors (Lipinski definition) is 6. The Labute approximate surface area is 152 Å². The molecule has 1 N–H and O–H groups in total. The number of esters is 1. The highest BCUT2D eigenvalue weighted by molar-refractivity contribution is 5.89. The first kappa shape index (κ1) is 19.2. The van der Waals surface area contributed by atoms with Gasteiger partial charge in [-0.2, -0.15) is 0 Å². The van der Waals surface area contributed by atoms with E-state index < -0.39 is 17.7 Å². The van der Waals surface area contributed by atoms with Crippen molar-refractivity contribution in [3.8, 4) is 11.6 Å². The average molecular weight is 358 g/mol. The minimum Gasteiger partial charge on any atom is -0.465 e. The van der Waals surface area contributed by atoms with Gasteiger partial charge in [0.05, 0.1) is 12.7 Å². The fraction of sp³-hybridized carbons (Fsp3) is 0.316. The number of ether oxygens (including phenoxy) is 3. The molecule has 0 unspecified atom stereocenters. The van der Waals surface area contributed by atoms with Crippen LogP contribution in [0.1, 0.15) is 36.7 Å². The normalized spacial score (nSPS) is 10.8. The van der Waals surface area contributed by atoms with Gasteiger partial charge in [0, 0.05) is 18.8 Å². The average Bonchev–Trinajstić information content (AvgIpc) is 2.59. The fourth-order valence-corrected chi connectivity index (χ4v) is 2.00. The largest absolute Gasteiger partial charge is 0.465 e. The van der Waals surface area contributed by atoms with Crippen LogP contribution in [0.15, 0.2) is 42.6 Å². The molecule has 1 aromatic carbocycles. The van der Waals surface area contributed by atoms with Crippen LogP contribution in [0, 0.1) is 0 Å². The molecule has 2 rings (SSSR count). The summed E-state index contributed by atoms with van der Waals surface area (Å²) in [6, 6.07) is 10.00. The summed E-state index contributed by atoms with van der Waals surface area (Å²) in [4.78, 5) is 27.3. The van der Waals surface area contributed by atoms with E-state index in [1.54, 1.807) is 63.4 Å². The van der Waals surface area contributed by atoms with E-state index in [0.717, 1.165) is 5.56 Å². The lowest BCUT2D eigenvalue weighted by Gasteiger charge is -2.19. The lowest BCUT2D eigenvalue weighted by Crippen LogP contribution is -2.32. The SMILES string of the molecule is COC(=O)c1ccc(Oc2cc(CNC(=O)OC(C)(C)C)ccn2)cc1. The van der Waals surface area contributed by atoms with Crippen LogP contribution in [-0.2, 0) is 16.0 Å².